The smallest absolute Gasteiger partial charge is 0.0872 e. The Bertz CT molecular complexity index is 274. The largest absolute Gasteiger partial charge is 0.216 e. The van der Waals surface area contributed by atoms with Gasteiger partial charge in [0.1, 0.15) is 0 Å². The Morgan fingerprint density at radius 3 is 2.64 bits per heavy atom. The maximum Gasteiger partial charge on any atom is 0.0872 e. The summed E-state index contributed by atoms with van der Waals surface area (Å²) >= 11 is 0. The molecule has 11 heavy (non-hydrogen) atoms. The minimum atomic E-state index is 0.571. The van der Waals surface area contributed by atoms with Gasteiger partial charge in [-0.3, -0.25) is 0 Å². The molecule has 0 radical (unpaired) electrons. The van der Waals surface area contributed by atoms with Crippen molar-refractivity contribution >= 4 is 6.08 Å². The standard InChI is InChI=1S/C10H11F/c1-8-3-4-9(2)10(7-8)5-6-11/h3-7H,1-2H3/b6-5-. The lowest BCUT2D eigenvalue weighted by Gasteiger charge is -1.99. The van der Waals surface area contributed by atoms with Crippen molar-refractivity contribution in [3.05, 3.63) is 41.2 Å². The fourth-order valence-corrected chi connectivity index (χ4v) is 1.01. The molecule has 0 aromatic heterocycles. The molecule has 0 heterocycles. The zero-order valence-corrected chi connectivity index (χ0v) is 6.76. The van der Waals surface area contributed by atoms with Crippen molar-refractivity contribution in [3.8, 4) is 0 Å². The predicted octanol–water partition coefficient (Wildman–Crippen LogP) is 3.24. The predicted molar refractivity (Wildman–Crippen MR) is 46.1 cm³/mol. The van der Waals surface area contributed by atoms with Crippen molar-refractivity contribution in [2.75, 3.05) is 0 Å². The normalized spacial score (nSPS) is 10.8. The van der Waals surface area contributed by atoms with E-state index in [1.165, 1.54) is 6.08 Å². The van der Waals surface area contributed by atoms with Crippen molar-refractivity contribution in [3.63, 3.8) is 0 Å². The van der Waals surface area contributed by atoms with Gasteiger partial charge in [-0.15, -0.1) is 0 Å². The highest BCUT2D eigenvalue weighted by Crippen LogP contribution is 2.11. The Kier molecular flexibility index (Phi) is 2.42. The van der Waals surface area contributed by atoms with Gasteiger partial charge in [0.05, 0.1) is 6.33 Å². The lowest BCUT2D eigenvalue weighted by atomic mass is 10.1. The van der Waals surface area contributed by atoms with E-state index < -0.39 is 0 Å². The lowest BCUT2D eigenvalue weighted by Crippen LogP contribution is -1.80. The summed E-state index contributed by atoms with van der Waals surface area (Å²) in [6.45, 7) is 3.96. The molecule has 1 rings (SSSR count). The van der Waals surface area contributed by atoms with Crippen LogP contribution in [0.2, 0.25) is 0 Å². The van der Waals surface area contributed by atoms with E-state index in [0.717, 1.165) is 16.7 Å². The number of rotatable bonds is 1. The summed E-state index contributed by atoms with van der Waals surface area (Å²) in [5.74, 6) is 0. The molecule has 0 bridgehead atoms. The average Bonchev–Trinajstić information content (AvgIpc) is 1.98. The van der Waals surface area contributed by atoms with E-state index in [-0.39, 0.29) is 0 Å². The van der Waals surface area contributed by atoms with Crippen molar-refractivity contribution in [1.29, 1.82) is 0 Å². The number of halogens is 1. The topological polar surface area (TPSA) is 0 Å². The van der Waals surface area contributed by atoms with Crippen molar-refractivity contribution in [2.24, 2.45) is 0 Å². The molecule has 1 heteroatoms. The first-order chi connectivity index (χ1) is 5.24. The van der Waals surface area contributed by atoms with E-state index >= 15 is 0 Å². The molecule has 0 N–H and O–H groups in total. The van der Waals surface area contributed by atoms with E-state index in [0.29, 0.717) is 6.33 Å². The van der Waals surface area contributed by atoms with E-state index in [4.69, 9.17) is 0 Å². The Labute approximate surface area is 66.4 Å². The molecule has 0 saturated heterocycles. The van der Waals surface area contributed by atoms with Gasteiger partial charge >= 0.3 is 0 Å². The van der Waals surface area contributed by atoms with Crippen LogP contribution in [0.3, 0.4) is 0 Å². The zero-order chi connectivity index (χ0) is 8.27. The Morgan fingerprint density at radius 1 is 1.27 bits per heavy atom. The summed E-state index contributed by atoms with van der Waals surface area (Å²) in [5.41, 5.74) is 3.21. The maximum atomic E-state index is 11.8. The summed E-state index contributed by atoms with van der Waals surface area (Å²) in [5, 5.41) is 0. The van der Waals surface area contributed by atoms with Gasteiger partial charge < -0.3 is 0 Å². The van der Waals surface area contributed by atoms with Crippen molar-refractivity contribution in [1.82, 2.24) is 0 Å². The molecule has 0 aliphatic rings. The summed E-state index contributed by atoms with van der Waals surface area (Å²) in [6, 6.07) is 5.97. The van der Waals surface area contributed by atoms with Crippen LogP contribution in [0.15, 0.2) is 24.5 Å². The van der Waals surface area contributed by atoms with E-state index in [9.17, 15) is 4.39 Å². The Balaban J connectivity index is 3.12. The van der Waals surface area contributed by atoms with Gasteiger partial charge in [-0.1, -0.05) is 23.8 Å². The van der Waals surface area contributed by atoms with Gasteiger partial charge in [0.15, 0.2) is 0 Å². The maximum absolute atomic E-state index is 11.8. The van der Waals surface area contributed by atoms with Crippen LogP contribution in [0.5, 0.6) is 0 Å². The molecule has 0 unspecified atom stereocenters. The van der Waals surface area contributed by atoms with Crippen molar-refractivity contribution < 1.29 is 4.39 Å². The van der Waals surface area contributed by atoms with Crippen LogP contribution in [-0.2, 0) is 0 Å². The van der Waals surface area contributed by atoms with Crippen LogP contribution in [0.4, 0.5) is 4.39 Å². The second kappa shape index (κ2) is 3.33. The molecule has 0 fully saturated rings. The molecule has 0 nitrogen and oxygen atoms in total. The SMILES string of the molecule is Cc1ccc(C)c(/C=C\F)c1. The molecule has 0 atom stereocenters. The number of benzene rings is 1. The third-order valence-corrected chi connectivity index (χ3v) is 1.68. The van der Waals surface area contributed by atoms with Crippen LogP contribution in [-0.4, -0.2) is 0 Å². The van der Waals surface area contributed by atoms with E-state index in [1.54, 1.807) is 0 Å². The quantitative estimate of drug-likeness (QED) is 0.576. The molecule has 0 aliphatic heterocycles. The highest BCUT2D eigenvalue weighted by molar-refractivity contribution is 5.53. The minimum absolute atomic E-state index is 0.571. The molecule has 0 amide bonds. The third kappa shape index (κ3) is 1.90. The monoisotopic (exact) mass is 150 g/mol. The first kappa shape index (κ1) is 7.99. The molecule has 0 aliphatic carbocycles. The number of hydrogen-bond donors (Lipinski definition) is 0. The van der Waals surface area contributed by atoms with Crippen LogP contribution in [0.25, 0.3) is 6.08 Å². The summed E-state index contributed by atoms with van der Waals surface area (Å²) in [4.78, 5) is 0. The van der Waals surface area contributed by atoms with Crippen LogP contribution >= 0.6 is 0 Å². The van der Waals surface area contributed by atoms with E-state index in [1.807, 2.05) is 32.0 Å². The molecular weight excluding hydrogens is 139 g/mol. The fraction of sp³-hybridized carbons (Fsp3) is 0.200. The van der Waals surface area contributed by atoms with Gasteiger partial charge in [-0.25, -0.2) is 4.39 Å². The van der Waals surface area contributed by atoms with Gasteiger partial charge in [0.2, 0.25) is 0 Å². The lowest BCUT2D eigenvalue weighted by molar-refractivity contribution is 0.727. The molecular formula is C10H11F. The molecule has 1 aromatic rings. The highest BCUT2D eigenvalue weighted by Gasteiger charge is 1.92. The summed E-state index contributed by atoms with van der Waals surface area (Å²) in [7, 11) is 0. The number of aryl methyl sites for hydroxylation is 2. The van der Waals surface area contributed by atoms with Crippen LogP contribution in [0, 0.1) is 13.8 Å². The molecule has 0 saturated carbocycles. The Morgan fingerprint density at radius 2 is 2.00 bits per heavy atom. The summed E-state index contributed by atoms with van der Waals surface area (Å²) in [6.07, 6.45) is 2.05. The minimum Gasteiger partial charge on any atom is -0.216 e. The van der Waals surface area contributed by atoms with Gasteiger partial charge in [0, 0.05) is 0 Å². The molecule has 0 spiro atoms. The fourth-order valence-electron chi connectivity index (χ4n) is 1.01. The van der Waals surface area contributed by atoms with Gasteiger partial charge in [0.25, 0.3) is 0 Å². The second-order valence-corrected chi connectivity index (χ2v) is 2.65. The second-order valence-electron chi connectivity index (χ2n) is 2.65. The van der Waals surface area contributed by atoms with Gasteiger partial charge in [-0.05, 0) is 31.1 Å². The van der Waals surface area contributed by atoms with Crippen LogP contribution < -0.4 is 0 Å². The van der Waals surface area contributed by atoms with Gasteiger partial charge in [-0.2, -0.15) is 0 Å². The number of hydrogen-bond acceptors (Lipinski definition) is 0. The Hall–Kier alpha value is -1.11. The molecule has 1 aromatic carbocycles. The van der Waals surface area contributed by atoms with Crippen LogP contribution in [0.1, 0.15) is 16.7 Å². The van der Waals surface area contributed by atoms with Crippen molar-refractivity contribution in [2.45, 2.75) is 13.8 Å². The van der Waals surface area contributed by atoms with E-state index in [2.05, 4.69) is 0 Å². The zero-order valence-electron chi connectivity index (χ0n) is 6.76. The average molecular weight is 150 g/mol. The highest BCUT2D eigenvalue weighted by atomic mass is 19.1. The first-order valence-corrected chi connectivity index (χ1v) is 3.58. The first-order valence-electron chi connectivity index (χ1n) is 3.58. The molecule has 58 valence electrons. The summed E-state index contributed by atoms with van der Waals surface area (Å²) < 4.78 is 11.8. The third-order valence-electron chi connectivity index (χ3n) is 1.68.